The van der Waals surface area contributed by atoms with Crippen molar-refractivity contribution in [3.63, 3.8) is 0 Å². The Labute approximate surface area is 199 Å². The van der Waals surface area contributed by atoms with Crippen LogP contribution in [-0.2, 0) is 13.0 Å². The molecule has 0 radical (unpaired) electrons. The van der Waals surface area contributed by atoms with Gasteiger partial charge in [0.1, 0.15) is 0 Å². The summed E-state index contributed by atoms with van der Waals surface area (Å²) in [6.07, 6.45) is 0.904. The van der Waals surface area contributed by atoms with Crippen molar-refractivity contribution in [2.75, 3.05) is 11.4 Å². The first-order valence-electron chi connectivity index (χ1n) is 11.6. The van der Waals surface area contributed by atoms with Crippen molar-refractivity contribution in [2.24, 2.45) is 0 Å². The summed E-state index contributed by atoms with van der Waals surface area (Å²) in [6, 6.07) is 31.7. The number of fused-ring (bicyclic) bond motifs is 1. The van der Waals surface area contributed by atoms with E-state index in [1.165, 1.54) is 10.5 Å². The molecule has 4 aromatic rings. The number of nitrogens with zero attached hydrogens (tertiary/aromatic N) is 1. The summed E-state index contributed by atoms with van der Waals surface area (Å²) in [5.41, 5.74) is 6.47. The molecular formula is C30H26N2O2. The second-order valence-electron chi connectivity index (χ2n) is 8.53. The minimum absolute atomic E-state index is 0.257. The number of rotatable bonds is 7. The fourth-order valence-electron chi connectivity index (χ4n) is 4.61. The fraction of sp³-hybridized carbons (Fsp3) is 0.133. The predicted molar refractivity (Wildman–Crippen MR) is 136 cm³/mol. The molecule has 1 aliphatic rings. The normalized spacial score (nSPS) is 12.8. The van der Waals surface area contributed by atoms with Crippen LogP contribution in [0.5, 0.6) is 0 Å². The minimum atomic E-state index is -0.266. The van der Waals surface area contributed by atoms with Crippen molar-refractivity contribution in [3.05, 3.63) is 125 Å². The van der Waals surface area contributed by atoms with Crippen molar-refractivity contribution >= 4 is 17.5 Å². The lowest BCUT2D eigenvalue weighted by Crippen LogP contribution is -2.32. The van der Waals surface area contributed by atoms with E-state index in [4.69, 9.17) is 0 Å². The molecule has 0 atom stereocenters. The third-order valence-electron chi connectivity index (χ3n) is 6.30. The molecule has 4 nitrogen and oxygen atoms in total. The molecule has 34 heavy (non-hydrogen) atoms. The minimum Gasteiger partial charge on any atom is -0.312 e. The number of carbonyl (C=O) groups excluding carboxylic acids is 2. The maximum absolute atomic E-state index is 13.6. The second kappa shape index (κ2) is 9.46. The van der Waals surface area contributed by atoms with Gasteiger partial charge in [0.2, 0.25) is 0 Å². The molecule has 4 heteroatoms. The van der Waals surface area contributed by atoms with Gasteiger partial charge in [-0.3, -0.25) is 9.59 Å². The van der Waals surface area contributed by atoms with Crippen molar-refractivity contribution in [2.45, 2.75) is 19.9 Å². The Morgan fingerprint density at radius 3 is 2.12 bits per heavy atom. The number of hydrogen-bond acceptors (Lipinski definition) is 3. The molecule has 0 fully saturated rings. The monoisotopic (exact) mass is 446 g/mol. The second-order valence-corrected chi connectivity index (χ2v) is 8.53. The largest absolute Gasteiger partial charge is 0.312 e. The van der Waals surface area contributed by atoms with Crippen LogP contribution in [0.25, 0.3) is 11.1 Å². The number of hydrogen-bond donors (Lipinski definition) is 1. The number of amides is 2. The van der Waals surface area contributed by atoms with Crippen molar-refractivity contribution in [1.82, 2.24) is 5.32 Å². The Kier molecular flexibility index (Phi) is 6.07. The van der Waals surface area contributed by atoms with E-state index >= 15 is 0 Å². The molecule has 0 spiro atoms. The number of para-hydroxylation sites is 1. The SMILES string of the molecule is Cc1cccc2c1C(=O)N(c1c(CNCCc3ccccc3)cccc1-c1ccccc1)C2=O. The summed E-state index contributed by atoms with van der Waals surface area (Å²) in [6.45, 7) is 3.22. The zero-order valence-electron chi connectivity index (χ0n) is 19.1. The highest BCUT2D eigenvalue weighted by atomic mass is 16.2. The molecule has 0 saturated heterocycles. The number of imide groups is 1. The quantitative estimate of drug-likeness (QED) is 0.289. The first-order chi connectivity index (χ1) is 16.6. The van der Waals surface area contributed by atoms with Gasteiger partial charge in [-0.2, -0.15) is 0 Å². The zero-order chi connectivity index (χ0) is 23.5. The van der Waals surface area contributed by atoms with Crippen molar-refractivity contribution in [3.8, 4) is 11.1 Å². The van der Waals surface area contributed by atoms with Gasteiger partial charge in [-0.15, -0.1) is 0 Å². The van der Waals surface area contributed by atoms with Gasteiger partial charge in [-0.1, -0.05) is 91.0 Å². The molecule has 4 aromatic carbocycles. The molecule has 5 rings (SSSR count). The van der Waals surface area contributed by atoms with Crippen LogP contribution >= 0.6 is 0 Å². The van der Waals surface area contributed by atoms with Gasteiger partial charge in [0, 0.05) is 12.1 Å². The van der Waals surface area contributed by atoms with Crippen LogP contribution in [0.15, 0.2) is 97.1 Å². The molecule has 1 N–H and O–H groups in total. The Morgan fingerprint density at radius 2 is 1.38 bits per heavy atom. The molecule has 2 amide bonds. The van der Waals surface area contributed by atoms with Gasteiger partial charge in [-0.25, -0.2) is 4.90 Å². The van der Waals surface area contributed by atoms with Crippen molar-refractivity contribution in [1.29, 1.82) is 0 Å². The summed E-state index contributed by atoms with van der Waals surface area (Å²) in [5, 5.41) is 3.51. The van der Waals surface area contributed by atoms with Gasteiger partial charge in [-0.05, 0) is 48.2 Å². The average Bonchev–Trinajstić information content (AvgIpc) is 3.13. The van der Waals surface area contributed by atoms with Crippen LogP contribution < -0.4 is 10.2 Å². The third kappa shape index (κ3) is 4.04. The molecule has 1 aliphatic heterocycles. The maximum Gasteiger partial charge on any atom is 0.266 e. The zero-order valence-corrected chi connectivity index (χ0v) is 19.1. The Hall–Kier alpha value is -4.02. The summed E-state index contributed by atoms with van der Waals surface area (Å²) in [7, 11) is 0. The first-order valence-corrected chi connectivity index (χ1v) is 11.6. The van der Waals surface area contributed by atoms with Gasteiger partial charge >= 0.3 is 0 Å². The standard InChI is InChI=1S/C30H26N2O2/c1-21-10-8-17-26-27(21)30(34)32(29(26)33)28-24(20-31-19-18-22-11-4-2-5-12-22)15-9-16-25(28)23-13-6-3-7-14-23/h2-17,31H,18-20H2,1H3. The van der Waals surface area contributed by atoms with Crippen LogP contribution in [0.4, 0.5) is 5.69 Å². The highest BCUT2D eigenvalue weighted by Gasteiger charge is 2.39. The molecule has 1 heterocycles. The predicted octanol–water partition coefficient (Wildman–Crippen LogP) is 5.79. The molecular weight excluding hydrogens is 420 g/mol. The Morgan fingerprint density at radius 1 is 0.706 bits per heavy atom. The number of carbonyl (C=O) groups is 2. The topological polar surface area (TPSA) is 49.4 Å². The molecule has 0 unspecified atom stereocenters. The fourth-order valence-corrected chi connectivity index (χ4v) is 4.61. The average molecular weight is 447 g/mol. The lowest BCUT2D eigenvalue weighted by molar-refractivity contribution is 0.0926. The smallest absolute Gasteiger partial charge is 0.266 e. The van der Waals surface area contributed by atoms with Gasteiger partial charge in [0.15, 0.2) is 0 Å². The lowest BCUT2D eigenvalue weighted by atomic mass is 9.98. The Bertz CT molecular complexity index is 1350. The number of anilines is 1. The van der Waals surface area contributed by atoms with Crippen LogP contribution in [0.1, 0.15) is 37.4 Å². The van der Waals surface area contributed by atoms with Crippen LogP contribution in [0.2, 0.25) is 0 Å². The summed E-state index contributed by atoms with van der Waals surface area (Å²) in [4.78, 5) is 28.4. The van der Waals surface area contributed by atoms with E-state index in [1.54, 1.807) is 6.07 Å². The number of aryl methyl sites for hydroxylation is 1. The van der Waals surface area contributed by atoms with Gasteiger partial charge in [0.05, 0.1) is 16.8 Å². The summed E-state index contributed by atoms with van der Waals surface area (Å²) >= 11 is 0. The number of nitrogens with one attached hydrogen (secondary N) is 1. The van der Waals surface area contributed by atoms with Crippen LogP contribution in [0, 0.1) is 6.92 Å². The van der Waals surface area contributed by atoms with Crippen molar-refractivity contribution < 1.29 is 9.59 Å². The van der Waals surface area contributed by atoms with E-state index in [2.05, 4.69) is 17.4 Å². The molecule has 0 aromatic heterocycles. The molecule has 0 bridgehead atoms. The van der Waals surface area contributed by atoms with E-state index < -0.39 is 0 Å². The van der Waals surface area contributed by atoms with E-state index in [1.807, 2.05) is 85.8 Å². The van der Waals surface area contributed by atoms with E-state index in [0.29, 0.717) is 23.4 Å². The van der Waals surface area contributed by atoms with E-state index in [9.17, 15) is 9.59 Å². The van der Waals surface area contributed by atoms with E-state index in [0.717, 1.165) is 35.2 Å². The molecule has 0 saturated carbocycles. The third-order valence-corrected chi connectivity index (χ3v) is 6.30. The first kappa shape index (κ1) is 21.8. The molecule has 0 aliphatic carbocycles. The van der Waals surface area contributed by atoms with Gasteiger partial charge < -0.3 is 5.32 Å². The number of benzene rings is 4. The van der Waals surface area contributed by atoms with Gasteiger partial charge in [0.25, 0.3) is 11.8 Å². The summed E-state index contributed by atoms with van der Waals surface area (Å²) < 4.78 is 0. The summed E-state index contributed by atoms with van der Waals surface area (Å²) in [5.74, 6) is -0.523. The highest BCUT2D eigenvalue weighted by Crippen LogP contribution is 2.39. The lowest BCUT2D eigenvalue weighted by Gasteiger charge is -2.23. The Balaban J connectivity index is 1.51. The van der Waals surface area contributed by atoms with E-state index in [-0.39, 0.29) is 11.8 Å². The van der Waals surface area contributed by atoms with Crippen LogP contribution in [0.3, 0.4) is 0 Å². The molecule has 168 valence electrons. The maximum atomic E-state index is 13.6. The van der Waals surface area contributed by atoms with Crippen LogP contribution in [-0.4, -0.2) is 18.4 Å². The highest BCUT2D eigenvalue weighted by molar-refractivity contribution is 6.36.